The number of hydrogen-bond acceptors (Lipinski definition) is 3. The predicted octanol–water partition coefficient (Wildman–Crippen LogP) is 2.40. The molecule has 1 aliphatic rings. The zero-order valence-electron chi connectivity index (χ0n) is 12.6. The molecule has 1 saturated carbocycles. The first-order chi connectivity index (χ1) is 9.48. The van der Waals surface area contributed by atoms with Crippen molar-refractivity contribution in [3.8, 4) is 0 Å². The summed E-state index contributed by atoms with van der Waals surface area (Å²) in [5, 5.41) is 0. The second kappa shape index (κ2) is 6.35. The molecule has 0 radical (unpaired) electrons. The molecule has 1 aliphatic carbocycles. The van der Waals surface area contributed by atoms with Crippen LogP contribution in [0.5, 0.6) is 0 Å². The van der Waals surface area contributed by atoms with E-state index >= 15 is 0 Å². The average Bonchev–Trinajstić information content (AvgIpc) is 2.39. The Morgan fingerprint density at radius 2 is 2.05 bits per heavy atom. The van der Waals surface area contributed by atoms with Gasteiger partial charge in [-0.3, -0.25) is 9.78 Å². The van der Waals surface area contributed by atoms with Crippen molar-refractivity contribution in [2.75, 3.05) is 7.05 Å². The number of hydrogen-bond donors (Lipinski definition) is 1. The molecule has 1 amide bonds. The molecule has 0 aromatic carbocycles. The van der Waals surface area contributed by atoms with Crippen LogP contribution in [0.4, 0.5) is 0 Å². The number of nitrogens with two attached hydrogens (primary N) is 1. The first-order valence-corrected chi connectivity index (χ1v) is 7.44. The van der Waals surface area contributed by atoms with Crippen LogP contribution < -0.4 is 5.73 Å². The highest BCUT2D eigenvalue weighted by Gasteiger charge is 2.31. The van der Waals surface area contributed by atoms with E-state index < -0.39 is 0 Å². The third-order valence-corrected chi connectivity index (χ3v) is 4.12. The molecular formula is C16H25N3O. The number of pyridine rings is 1. The molecule has 0 atom stereocenters. The lowest BCUT2D eigenvalue weighted by molar-refractivity contribution is -0.132. The van der Waals surface area contributed by atoms with Gasteiger partial charge in [0.2, 0.25) is 5.91 Å². The molecule has 0 spiro atoms. The van der Waals surface area contributed by atoms with Gasteiger partial charge < -0.3 is 10.6 Å². The summed E-state index contributed by atoms with van der Waals surface area (Å²) in [5.74, 6) is 0.123. The molecule has 1 aromatic heterocycles. The van der Waals surface area contributed by atoms with Crippen molar-refractivity contribution in [1.82, 2.24) is 9.88 Å². The van der Waals surface area contributed by atoms with Crippen LogP contribution in [0, 0.1) is 6.92 Å². The smallest absolute Gasteiger partial charge is 0.224 e. The number of carbonyl (C=O) groups excluding carboxylic acids is 1. The lowest BCUT2D eigenvalue weighted by Gasteiger charge is -2.34. The molecule has 1 aromatic rings. The minimum atomic E-state index is -0.288. The number of rotatable bonds is 4. The molecule has 20 heavy (non-hydrogen) atoms. The predicted molar refractivity (Wildman–Crippen MR) is 80.1 cm³/mol. The molecule has 0 unspecified atom stereocenters. The fourth-order valence-electron chi connectivity index (χ4n) is 2.89. The minimum Gasteiger partial charge on any atom is -0.340 e. The molecule has 0 aliphatic heterocycles. The zero-order valence-corrected chi connectivity index (χ0v) is 12.6. The van der Waals surface area contributed by atoms with Crippen molar-refractivity contribution >= 4 is 5.91 Å². The largest absolute Gasteiger partial charge is 0.340 e. The number of amides is 1. The van der Waals surface area contributed by atoms with Gasteiger partial charge in [0, 0.05) is 24.7 Å². The topological polar surface area (TPSA) is 59.2 Å². The van der Waals surface area contributed by atoms with Gasteiger partial charge in [-0.1, -0.05) is 25.3 Å². The normalized spacial score (nSPS) is 17.8. The van der Waals surface area contributed by atoms with Crippen molar-refractivity contribution in [3.05, 3.63) is 29.6 Å². The maximum atomic E-state index is 12.3. The molecule has 110 valence electrons. The summed E-state index contributed by atoms with van der Waals surface area (Å²) >= 11 is 0. The molecule has 1 heterocycles. The second-order valence-corrected chi connectivity index (χ2v) is 6.12. The van der Waals surface area contributed by atoms with Gasteiger partial charge >= 0.3 is 0 Å². The van der Waals surface area contributed by atoms with Crippen molar-refractivity contribution in [1.29, 1.82) is 0 Å². The van der Waals surface area contributed by atoms with Gasteiger partial charge in [0.1, 0.15) is 0 Å². The first-order valence-electron chi connectivity index (χ1n) is 7.44. The molecular weight excluding hydrogens is 250 g/mol. The van der Waals surface area contributed by atoms with Crippen LogP contribution in [-0.4, -0.2) is 28.4 Å². The average molecular weight is 275 g/mol. The standard InChI is InChI=1S/C16H25N3O/c1-13-7-6-8-14(18-13)12-19(2)15(20)11-16(17)9-4-3-5-10-16/h6-8H,3-5,9-12,17H2,1-2H3. The van der Waals surface area contributed by atoms with E-state index in [1.165, 1.54) is 6.42 Å². The van der Waals surface area contributed by atoms with Crippen molar-refractivity contribution in [2.24, 2.45) is 5.73 Å². The summed E-state index contributed by atoms with van der Waals surface area (Å²) < 4.78 is 0. The SMILES string of the molecule is Cc1cccc(CN(C)C(=O)CC2(N)CCCCC2)n1. The Bertz CT molecular complexity index is 467. The summed E-state index contributed by atoms with van der Waals surface area (Å²) in [4.78, 5) is 18.5. The zero-order chi connectivity index (χ0) is 14.6. The molecule has 0 saturated heterocycles. The second-order valence-electron chi connectivity index (χ2n) is 6.12. The highest BCUT2D eigenvalue weighted by molar-refractivity contribution is 5.77. The Hall–Kier alpha value is -1.42. The summed E-state index contributed by atoms with van der Waals surface area (Å²) in [6.45, 7) is 2.51. The molecule has 4 nitrogen and oxygen atoms in total. The Labute approximate surface area is 121 Å². The highest BCUT2D eigenvalue weighted by atomic mass is 16.2. The third kappa shape index (κ3) is 4.04. The number of nitrogens with zero attached hydrogens (tertiary/aromatic N) is 2. The van der Waals surface area contributed by atoms with E-state index in [0.29, 0.717) is 13.0 Å². The van der Waals surface area contributed by atoms with Crippen LogP contribution in [0.1, 0.15) is 49.9 Å². The van der Waals surface area contributed by atoms with Crippen LogP contribution in [0.15, 0.2) is 18.2 Å². The summed E-state index contributed by atoms with van der Waals surface area (Å²) in [7, 11) is 1.83. The molecule has 1 fully saturated rings. The Morgan fingerprint density at radius 1 is 1.35 bits per heavy atom. The maximum absolute atomic E-state index is 12.3. The Kier molecular flexibility index (Phi) is 4.76. The third-order valence-electron chi connectivity index (χ3n) is 4.12. The number of aryl methyl sites for hydroxylation is 1. The fraction of sp³-hybridized carbons (Fsp3) is 0.625. The van der Waals surface area contributed by atoms with Gasteiger partial charge in [0.05, 0.1) is 12.2 Å². The minimum absolute atomic E-state index is 0.123. The van der Waals surface area contributed by atoms with Crippen LogP contribution in [-0.2, 0) is 11.3 Å². The van der Waals surface area contributed by atoms with Crippen LogP contribution in [0.25, 0.3) is 0 Å². The van der Waals surface area contributed by atoms with E-state index in [2.05, 4.69) is 4.98 Å². The summed E-state index contributed by atoms with van der Waals surface area (Å²) in [6.07, 6.45) is 5.93. The number of carbonyl (C=O) groups is 1. The van der Waals surface area contributed by atoms with Gasteiger partial charge in [-0.05, 0) is 31.9 Å². The fourth-order valence-corrected chi connectivity index (χ4v) is 2.89. The highest BCUT2D eigenvalue weighted by Crippen LogP contribution is 2.29. The van der Waals surface area contributed by atoms with Gasteiger partial charge in [0.15, 0.2) is 0 Å². The monoisotopic (exact) mass is 275 g/mol. The van der Waals surface area contributed by atoms with E-state index in [9.17, 15) is 4.79 Å². The van der Waals surface area contributed by atoms with Crippen molar-refractivity contribution < 1.29 is 4.79 Å². The Balaban J connectivity index is 1.91. The lowest BCUT2D eigenvalue weighted by atomic mass is 9.80. The van der Waals surface area contributed by atoms with Crippen LogP contribution in [0.3, 0.4) is 0 Å². The molecule has 0 bridgehead atoms. The molecule has 4 heteroatoms. The maximum Gasteiger partial charge on any atom is 0.224 e. The van der Waals surface area contributed by atoms with Gasteiger partial charge in [0.25, 0.3) is 0 Å². The van der Waals surface area contributed by atoms with Gasteiger partial charge in [-0.25, -0.2) is 0 Å². The summed E-state index contributed by atoms with van der Waals surface area (Å²) in [5.41, 5.74) is 7.97. The van der Waals surface area contributed by atoms with Crippen LogP contribution in [0.2, 0.25) is 0 Å². The lowest BCUT2D eigenvalue weighted by Crippen LogP contribution is -2.46. The first kappa shape index (κ1) is 15.0. The number of aromatic nitrogens is 1. The van der Waals surface area contributed by atoms with E-state index in [4.69, 9.17) is 5.73 Å². The van der Waals surface area contributed by atoms with E-state index in [-0.39, 0.29) is 11.4 Å². The van der Waals surface area contributed by atoms with E-state index in [0.717, 1.165) is 37.1 Å². The van der Waals surface area contributed by atoms with Crippen molar-refractivity contribution in [3.63, 3.8) is 0 Å². The van der Waals surface area contributed by atoms with E-state index in [1.807, 2.05) is 32.2 Å². The molecule has 2 N–H and O–H groups in total. The van der Waals surface area contributed by atoms with Crippen molar-refractivity contribution in [2.45, 2.75) is 57.5 Å². The quantitative estimate of drug-likeness (QED) is 0.918. The summed E-state index contributed by atoms with van der Waals surface area (Å²) in [6, 6.07) is 5.89. The van der Waals surface area contributed by atoms with Crippen LogP contribution >= 0.6 is 0 Å². The molecule has 2 rings (SSSR count). The Morgan fingerprint density at radius 3 is 2.70 bits per heavy atom. The van der Waals surface area contributed by atoms with E-state index in [1.54, 1.807) is 4.90 Å². The van der Waals surface area contributed by atoms with Gasteiger partial charge in [-0.2, -0.15) is 0 Å². The van der Waals surface area contributed by atoms with Gasteiger partial charge in [-0.15, -0.1) is 0 Å².